The summed E-state index contributed by atoms with van der Waals surface area (Å²) in [4.78, 5) is 22.9. The number of aromatic nitrogens is 1. The van der Waals surface area contributed by atoms with Crippen LogP contribution in [-0.2, 0) is 0 Å². The number of pyridine rings is 1. The minimum Gasteiger partial charge on any atom is -0.488 e. The van der Waals surface area contributed by atoms with E-state index in [9.17, 15) is 14.9 Å². The highest BCUT2D eigenvalue weighted by Gasteiger charge is 2.19. The van der Waals surface area contributed by atoms with Crippen LogP contribution >= 0.6 is 0 Å². The molecule has 0 aliphatic rings. The molecule has 1 N–H and O–H groups in total. The molecule has 0 saturated carbocycles. The molecular weight excluding hydrogens is 164 g/mol. The Morgan fingerprint density at radius 1 is 1.67 bits per heavy atom. The van der Waals surface area contributed by atoms with E-state index in [0.29, 0.717) is 6.29 Å². The fourth-order valence-electron chi connectivity index (χ4n) is 0.740. The van der Waals surface area contributed by atoms with Gasteiger partial charge in [0, 0.05) is 6.20 Å². The van der Waals surface area contributed by atoms with Crippen molar-refractivity contribution in [1.29, 1.82) is 0 Å². The maximum Gasteiger partial charge on any atom is 0.341 e. The van der Waals surface area contributed by atoms with Crippen molar-refractivity contribution in [3.05, 3.63) is 27.9 Å². The van der Waals surface area contributed by atoms with E-state index in [-0.39, 0.29) is 5.56 Å². The number of aldehydes is 1. The average molecular weight is 168 g/mol. The van der Waals surface area contributed by atoms with Crippen LogP contribution in [0.1, 0.15) is 10.4 Å². The predicted octanol–water partition coefficient (Wildman–Crippen LogP) is 0.508. The fraction of sp³-hybridized carbons (Fsp3) is 0. The van der Waals surface area contributed by atoms with Gasteiger partial charge in [0.1, 0.15) is 0 Å². The summed E-state index contributed by atoms with van der Waals surface area (Å²) in [5.74, 6) is -0.746. The highest BCUT2D eigenvalue weighted by atomic mass is 16.6. The van der Waals surface area contributed by atoms with Crippen LogP contribution in [-0.4, -0.2) is 21.3 Å². The van der Waals surface area contributed by atoms with Crippen LogP contribution in [0.2, 0.25) is 0 Å². The maximum absolute atomic E-state index is 10.2. The summed E-state index contributed by atoms with van der Waals surface area (Å²) in [5.41, 5.74) is -0.847. The third-order valence-electron chi connectivity index (χ3n) is 1.25. The number of aromatic hydroxyl groups is 1. The zero-order chi connectivity index (χ0) is 9.14. The van der Waals surface area contributed by atoms with E-state index in [0.717, 1.165) is 12.3 Å². The topological polar surface area (TPSA) is 93.3 Å². The van der Waals surface area contributed by atoms with Crippen molar-refractivity contribution in [2.24, 2.45) is 0 Å². The summed E-state index contributed by atoms with van der Waals surface area (Å²) in [5, 5.41) is 19.1. The summed E-state index contributed by atoms with van der Waals surface area (Å²) >= 11 is 0. The van der Waals surface area contributed by atoms with Crippen LogP contribution < -0.4 is 0 Å². The average Bonchev–Trinajstić information content (AvgIpc) is 2.03. The van der Waals surface area contributed by atoms with Gasteiger partial charge in [-0.25, -0.2) is 4.98 Å². The van der Waals surface area contributed by atoms with E-state index in [1.54, 1.807) is 0 Å². The molecule has 1 rings (SSSR count). The second kappa shape index (κ2) is 2.95. The molecule has 6 heteroatoms. The minimum atomic E-state index is -0.855. The highest BCUT2D eigenvalue weighted by molar-refractivity contribution is 5.82. The summed E-state index contributed by atoms with van der Waals surface area (Å²) in [6, 6.07) is 1.16. The zero-order valence-electron chi connectivity index (χ0n) is 5.80. The monoisotopic (exact) mass is 168 g/mol. The highest BCUT2D eigenvalue weighted by Crippen LogP contribution is 2.25. The third kappa shape index (κ3) is 1.22. The van der Waals surface area contributed by atoms with Crippen molar-refractivity contribution in [2.75, 3.05) is 0 Å². The van der Waals surface area contributed by atoms with E-state index in [2.05, 4.69) is 4.98 Å². The van der Waals surface area contributed by atoms with Gasteiger partial charge in [-0.15, -0.1) is 0 Å². The second-order valence-electron chi connectivity index (χ2n) is 1.95. The zero-order valence-corrected chi connectivity index (χ0v) is 5.80. The van der Waals surface area contributed by atoms with E-state index < -0.39 is 16.5 Å². The number of hydrogen-bond donors (Lipinski definition) is 1. The Labute approximate surface area is 66.6 Å². The molecule has 0 radical (unpaired) electrons. The molecule has 1 aromatic heterocycles. The number of nitro groups is 1. The van der Waals surface area contributed by atoms with Gasteiger partial charge in [-0.05, 0) is 6.07 Å². The fourth-order valence-corrected chi connectivity index (χ4v) is 0.740. The van der Waals surface area contributed by atoms with Gasteiger partial charge in [-0.1, -0.05) is 0 Å². The first-order valence-electron chi connectivity index (χ1n) is 2.94. The largest absolute Gasteiger partial charge is 0.488 e. The van der Waals surface area contributed by atoms with Gasteiger partial charge in [0.2, 0.25) is 0 Å². The molecule has 0 atom stereocenters. The molecule has 0 aliphatic heterocycles. The Bertz CT molecular complexity index is 336. The van der Waals surface area contributed by atoms with Crippen molar-refractivity contribution in [2.45, 2.75) is 0 Å². The standard InChI is InChI=1S/C6H4N2O4/c9-3-4-1-2-7-6(10)5(4)8(11)12/h1-3H,(H,7,10). The third-order valence-corrected chi connectivity index (χ3v) is 1.25. The summed E-state index contributed by atoms with van der Waals surface area (Å²) in [7, 11) is 0. The van der Waals surface area contributed by atoms with Gasteiger partial charge in [0.05, 0.1) is 10.5 Å². The van der Waals surface area contributed by atoms with Crippen molar-refractivity contribution < 1.29 is 14.8 Å². The molecule has 0 bridgehead atoms. The Kier molecular flexibility index (Phi) is 2.00. The van der Waals surface area contributed by atoms with Gasteiger partial charge in [-0.3, -0.25) is 14.9 Å². The molecule has 0 fully saturated rings. The predicted molar refractivity (Wildman–Crippen MR) is 37.9 cm³/mol. The molecule has 0 spiro atoms. The lowest BCUT2D eigenvalue weighted by molar-refractivity contribution is -0.386. The minimum absolute atomic E-state index is 0.187. The van der Waals surface area contributed by atoms with Crippen LogP contribution in [0.5, 0.6) is 5.88 Å². The quantitative estimate of drug-likeness (QED) is 0.394. The molecule has 1 heterocycles. The molecule has 0 saturated heterocycles. The molecule has 6 nitrogen and oxygen atoms in total. The summed E-state index contributed by atoms with van der Waals surface area (Å²) in [6.07, 6.45) is 1.41. The summed E-state index contributed by atoms with van der Waals surface area (Å²) < 4.78 is 0. The Balaban J connectivity index is 3.39. The van der Waals surface area contributed by atoms with Gasteiger partial charge >= 0.3 is 5.69 Å². The molecule has 12 heavy (non-hydrogen) atoms. The molecule has 0 unspecified atom stereocenters. The Morgan fingerprint density at radius 2 is 2.33 bits per heavy atom. The van der Waals surface area contributed by atoms with Gasteiger partial charge in [0.25, 0.3) is 5.88 Å². The van der Waals surface area contributed by atoms with Crippen LogP contribution in [0.4, 0.5) is 5.69 Å². The van der Waals surface area contributed by atoms with Crippen molar-refractivity contribution in [3.63, 3.8) is 0 Å². The first-order valence-corrected chi connectivity index (χ1v) is 2.94. The van der Waals surface area contributed by atoms with E-state index in [1.807, 2.05) is 0 Å². The van der Waals surface area contributed by atoms with E-state index >= 15 is 0 Å². The molecule has 0 aromatic carbocycles. The van der Waals surface area contributed by atoms with Crippen LogP contribution in [0.15, 0.2) is 12.3 Å². The smallest absolute Gasteiger partial charge is 0.341 e. The number of rotatable bonds is 2. The number of carbonyl (C=O) groups excluding carboxylic acids is 1. The van der Waals surface area contributed by atoms with Crippen LogP contribution in [0.25, 0.3) is 0 Å². The molecule has 0 amide bonds. The first kappa shape index (κ1) is 8.12. The maximum atomic E-state index is 10.2. The van der Waals surface area contributed by atoms with Gasteiger partial charge in [0.15, 0.2) is 6.29 Å². The lowest BCUT2D eigenvalue weighted by Gasteiger charge is -1.95. The van der Waals surface area contributed by atoms with Crippen molar-refractivity contribution in [3.8, 4) is 5.88 Å². The van der Waals surface area contributed by atoms with Crippen LogP contribution in [0, 0.1) is 10.1 Å². The van der Waals surface area contributed by atoms with Crippen molar-refractivity contribution >= 4 is 12.0 Å². The SMILES string of the molecule is O=Cc1ccnc(O)c1[N+](=O)[O-]. The van der Waals surface area contributed by atoms with Crippen molar-refractivity contribution in [1.82, 2.24) is 4.98 Å². The summed E-state index contributed by atoms with van der Waals surface area (Å²) in [6.45, 7) is 0. The van der Waals surface area contributed by atoms with E-state index in [4.69, 9.17) is 5.11 Å². The van der Waals surface area contributed by atoms with E-state index in [1.165, 1.54) is 0 Å². The lowest BCUT2D eigenvalue weighted by atomic mass is 10.2. The number of nitrogens with zero attached hydrogens (tertiary/aromatic N) is 2. The van der Waals surface area contributed by atoms with Crippen LogP contribution in [0.3, 0.4) is 0 Å². The van der Waals surface area contributed by atoms with Gasteiger partial charge in [-0.2, -0.15) is 0 Å². The first-order chi connectivity index (χ1) is 5.66. The number of hydrogen-bond acceptors (Lipinski definition) is 5. The Hall–Kier alpha value is -1.98. The van der Waals surface area contributed by atoms with Gasteiger partial charge < -0.3 is 5.11 Å². The lowest BCUT2D eigenvalue weighted by Crippen LogP contribution is -1.95. The molecular formula is C6H4N2O4. The molecule has 0 aliphatic carbocycles. The molecule has 62 valence electrons. The second-order valence-corrected chi connectivity index (χ2v) is 1.95. The molecule has 1 aromatic rings. The Morgan fingerprint density at radius 3 is 2.75 bits per heavy atom. The number of carbonyl (C=O) groups is 1. The normalized spacial score (nSPS) is 9.33.